The van der Waals surface area contributed by atoms with E-state index in [-0.39, 0.29) is 11.3 Å². The average Bonchev–Trinajstić information content (AvgIpc) is 3.10. The molecule has 1 saturated heterocycles. The SMILES string of the molecule is CCN(CC)CCN1C(=O)C(=O)/C(=C(\O)c2ccc3c(c2)N(C)CCO3)C1c1ccc(F)cc1. The minimum atomic E-state index is -0.804. The molecule has 2 aromatic carbocycles. The van der Waals surface area contributed by atoms with Gasteiger partial charge >= 0.3 is 0 Å². The minimum Gasteiger partial charge on any atom is -0.507 e. The van der Waals surface area contributed by atoms with Gasteiger partial charge in [-0.1, -0.05) is 26.0 Å². The van der Waals surface area contributed by atoms with Crippen molar-refractivity contribution in [3.05, 3.63) is 65.0 Å². The van der Waals surface area contributed by atoms with Crippen molar-refractivity contribution in [2.24, 2.45) is 0 Å². The first kappa shape index (κ1) is 23.8. The molecule has 1 atom stereocenters. The molecule has 0 radical (unpaired) electrons. The van der Waals surface area contributed by atoms with Crippen molar-refractivity contribution >= 4 is 23.1 Å². The van der Waals surface area contributed by atoms with Gasteiger partial charge in [0.1, 0.15) is 23.9 Å². The number of likely N-dealkylation sites (tertiary alicyclic amines) is 1. The van der Waals surface area contributed by atoms with Crippen molar-refractivity contribution in [1.82, 2.24) is 9.80 Å². The number of benzene rings is 2. The number of carbonyl (C=O) groups excluding carboxylic acids is 2. The van der Waals surface area contributed by atoms with Crippen LogP contribution in [0.3, 0.4) is 0 Å². The fraction of sp³-hybridized carbons (Fsp3) is 0.385. The summed E-state index contributed by atoms with van der Waals surface area (Å²) in [6.07, 6.45) is 0. The molecule has 2 aliphatic rings. The molecule has 0 saturated carbocycles. The van der Waals surface area contributed by atoms with E-state index < -0.39 is 23.5 Å². The van der Waals surface area contributed by atoms with E-state index in [0.29, 0.717) is 43.1 Å². The number of halogens is 1. The molecule has 7 nitrogen and oxygen atoms in total. The van der Waals surface area contributed by atoms with Gasteiger partial charge in [-0.05, 0) is 49.0 Å². The van der Waals surface area contributed by atoms with E-state index in [4.69, 9.17) is 4.74 Å². The number of hydrogen-bond donors (Lipinski definition) is 1. The molecule has 180 valence electrons. The molecule has 8 heteroatoms. The number of nitrogens with zero attached hydrogens (tertiary/aromatic N) is 3. The fourth-order valence-corrected chi connectivity index (χ4v) is 4.54. The lowest BCUT2D eigenvalue weighted by Crippen LogP contribution is -2.38. The van der Waals surface area contributed by atoms with Crippen molar-refractivity contribution in [3.8, 4) is 5.75 Å². The van der Waals surface area contributed by atoms with E-state index in [9.17, 15) is 19.1 Å². The van der Waals surface area contributed by atoms with Crippen LogP contribution in [0.1, 0.15) is 31.0 Å². The third kappa shape index (κ3) is 4.37. The topological polar surface area (TPSA) is 73.3 Å². The summed E-state index contributed by atoms with van der Waals surface area (Å²) in [4.78, 5) is 31.9. The highest BCUT2D eigenvalue weighted by molar-refractivity contribution is 6.46. The van der Waals surface area contributed by atoms with Crippen molar-refractivity contribution in [1.29, 1.82) is 0 Å². The quantitative estimate of drug-likeness (QED) is 0.382. The number of Topliss-reactive ketones (excluding diaryl/α,β-unsaturated/α-hetero) is 1. The number of likely N-dealkylation sites (N-methyl/N-ethyl adjacent to an activating group) is 2. The molecule has 0 aliphatic carbocycles. The number of anilines is 1. The second kappa shape index (κ2) is 9.85. The van der Waals surface area contributed by atoms with E-state index in [1.54, 1.807) is 30.3 Å². The molecule has 1 N–H and O–H groups in total. The van der Waals surface area contributed by atoms with Crippen molar-refractivity contribution in [2.75, 3.05) is 51.3 Å². The Hall–Kier alpha value is -3.39. The second-order valence-electron chi connectivity index (χ2n) is 8.52. The number of rotatable bonds is 7. The van der Waals surface area contributed by atoms with E-state index in [1.165, 1.54) is 17.0 Å². The first-order valence-electron chi connectivity index (χ1n) is 11.6. The van der Waals surface area contributed by atoms with Crippen molar-refractivity contribution < 1.29 is 23.8 Å². The van der Waals surface area contributed by atoms with Crippen LogP contribution in [-0.4, -0.2) is 73.0 Å². The Labute approximate surface area is 199 Å². The molecule has 4 rings (SSSR count). The molecular formula is C26H30FN3O4. The van der Waals surface area contributed by atoms with Crippen LogP contribution >= 0.6 is 0 Å². The van der Waals surface area contributed by atoms with E-state index >= 15 is 0 Å². The third-order valence-corrected chi connectivity index (χ3v) is 6.61. The molecule has 2 aliphatic heterocycles. The van der Waals surface area contributed by atoms with Crippen LogP contribution in [0.25, 0.3) is 5.76 Å². The van der Waals surface area contributed by atoms with Gasteiger partial charge in [0.25, 0.3) is 11.7 Å². The van der Waals surface area contributed by atoms with Gasteiger partial charge in [-0.2, -0.15) is 0 Å². The highest BCUT2D eigenvalue weighted by atomic mass is 19.1. The average molecular weight is 468 g/mol. The van der Waals surface area contributed by atoms with Gasteiger partial charge in [-0.15, -0.1) is 0 Å². The van der Waals surface area contributed by atoms with Crippen LogP contribution < -0.4 is 9.64 Å². The van der Waals surface area contributed by atoms with Gasteiger partial charge in [0.15, 0.2) is 0 Å². The Morgan fingerprint density at radius 3 is 2.53 bits per heavy atom. The van der Waals surface area contributed by atoms with E-state index in [2.05, 4.69) is 4.90 Å². The van der Waals surface area contributed by atoms with Crippen LogP contribution in [0.5, 0.6) is 5.75 Å². The monoisotopic (exact) mass is 467 g/mol. The smallest absolute Gasteiger partial charge is 0.295 e. The fourth-order valence-electron chi connectivity index (χ4n) is 4.54. The predicted octanol–water partition coefficient (Wildman–Crippen LogP) is 3.42. The highest BCUT2D eigenvalue weighted by Gasteiger charge is 2.46. The summed E-state index contributed by atoms with van der Waals surface area (Å²) in [5, 5.41) is 11.3. The summed E-state index contributed by atoms with van der Waals surface area (Å²) in [7, 11) is 1.93. The zero-order chi connectivity index (χ0) is 24.4. The van der Waals surface area contributed by atoms with Crippen LogP contribution in [0.15, 0.2) is 48.0 Å². The zero-order valence-electron chi connectivity index (χ0n) is 19.8. The Morgan fingerprint density at radius 2 is 1.85 bits per heavy atom. The molecule has 34 heavy (non-hydrogen) atoms. The zero-order valence-corrected chi connectivity index (χ0v) is 19.8. The lowest BCUT2D eigenvalue weighted by atomic mass is 9.95. The number of aliphatic hydroxyl groups excluding tert-OH is 1. The van der Waals surface area contributed by atoms with Crippen LogP contribution in [0.4, 0.5) is 10.1 Å². The summed E-state index contributed by atoms with van der Waals surface area (Å²) in [5.41, 5.74) is 1.80. The minimum absolute atomic E-state index is 0.00971. The maximum Gasteiger partial charge on any atom is 0.295 e. The Bertz CT molecular complexity index is 1110. The summed E-state index contributed by atoms with van der Waals surface area (Å²) in [6.45, 7) is 7.85. The first-order valence-corrected chi connectivity index (χ1v) is 11.6. The van der Waals surface area contributed by atoms with E-state index in [0.717, 1.165) is 18.8 Å². The molecule has 2 aromatic rings. The van der Waals surface area contributed by atoms with Gasteiger partial charge in [0.05, 0.1) is 23.8 Å². The highest BCUT2D eigenvalue weighted by Crippen LogP contribution is 2.41. The van der Waals surface area contributed by atoms with Gasteiger partial charge in [0, 0.05) is 25.7 Å². The number of aliphatic hydroxyl groups is 1. The number of ketones is 1. The van der Waals surface area contributed by atoms with Gasteiger partial charge in [-0.25, -0.2) is 4.39 Å². The van der Waals surface area contributed by atoms with Gasteiger partial charge in [-0.3, -0.25) is 9.59 Å². The van der Waals surface area contributed by atoms with Crippen molar-refractivity contribution in [2.45, 2.75) is 19.9 Å². The third-order valence-electron chi connectivity index (χ3n) is 6.61. The van der Waals surface area contributed by atoms with E-state index in [1.807, 2.05) is 25.8 Å². The van der Waals surface area contributed by atoms with Gasteiger partial charge < -0.3 is 24.5 Å². The Kier molecular flexibility index (Phi) is 6.88. The summed E-state index contributed by atoms with van der Waals surface area (Å²) < 4.78 is 19.3. The molecule has 0 spiro atoms. The van der Waals surface area contributed by atoms with Crippen LogP contribution in [0.2, 0.25) is 0 Å². The summed E-state index contributed by atoms with van der Waals surface area (Å²) in [6, 6.07) is 10.1. The Morgan fingerprint density at radius 1 is 1.15 bits per heavy atom. The summed E-state index contributed by atoms with van der Waals surface area (Å²) in [5.74, 6) is -1.38. The van der Waals surface area contributed by atoms with Crippen molar-refractivity contribution in [3.63, 3.8) is 0 Å². The van der Waals surface area contributed by atoms with Crippen LogP contribution in [-0.2, 0) is 9.59 Å². The number of ether oxygens (including phenoxy) is 1. The number of carbonyl (C=O) groups is 2. The molecular weight excluding hydrogens is 437 g/mol. The molecule has 1 amide bonds. The number of hydrogen-bond acceptors (Lipinski definition) is 6. The number of amides is 1. The predicted molar refractivity (Wildman–Crippen MR) is 128 cm³/mol. The lowest BCUT2D eigenvalue weighted by Gasteiger charge is -2.29. The molecule has 0 bridgehead atoms. The lowest BCUT2D eigenvalue weighted by molar-refractivity contribution is -0.140. The molecule has 2 heterocycles. The molecule has 1 unspecified atom stereocenters. The largest absolute Gasteiger partial charge is 0.507 e. The van der Waals surface area contributed by atoms with Crippen LogP contribution in [0, 0.1) is 5.82 Å². The molecule has 0 aromatic heterocycles. The standard InChI is InChI=1S/C26H30FN3O4/c1-4-29(5-2)12-13-30-23(17-6-9-19(27)10-7-17)22(25(32)26(30)33)24(31)18-8-11-21-20(16-18)28(3)14-15-34-21/h6-11,16,23,31H,4-5,12-15H2,1-3H3/b24-22-. The Balaban J connectivity index is 1.79. The second-order valence-corrected chi connectivity index (χ2v) is 8.52. The first-order chi connectivity index (χ1) is 16.3. The normalized spacial score (nSPS) is 19.5. The van der Waals surface area contributed by atoms with Gasteiger partial charge in [0.2, 0.25) is 0 Å². The summed E-state index contributed by atoms with van der Waals surface area (Å²) >= 11 is 0. The number of fused-ring (bicyclic) bond motifs is 1. The maximum absolute atomic E-state index is 13.7. The molecule has 1 fully saturated rings. The maximum atomic E-state index is 13.7.